The second-order valence-electron chi connectivity index (χ2n) is 6.62. The van der Waals surface area contributed by atoms with E-state index in [-0.39, 0.29) is 11.6 Å². The van der Waals surface area contributed by atoms with E-state index in [0.717, 1.165) is 12.8 Å². The van der Waals surface area contributed by atoms with Gasteiger partial charge in [0.1, 0.15) is 0 Å². The Morgan fingerprint density at radius 2 is 1.67 bits per heavy atom. The molecule has 0 rings (SSSR count). The summed E-state index contributed by atoms with van der Waals surface area (Å²) < 4.78 is 5.97. The van der Waals surface area contributed by atoms with Crippen LogP contribution in [0.25, 0.3) is 0 Å². The van der Waals surface area contributed by atoms with E-state index in [0.29, 0.717) is 12.5 Å². The number of hydrogen-bond acceptors (Lipinski definition) is 2. The van der Waals surface area contributed by atoms with Crippen LogP contribution < -0.4 is 5.73 Å². The topological polar surface area (TPSA) is 35.2 Å². The van der Waals surface area contributed by atoms with Gasteiger partial charge in [-0.2, -0.15) is 0 Å². The lowest BCUT2D eigenvalue weighted by Gasteiger charge is -2.27. The fraction of sp³-hybridized carbons (Fsp3) is 1.00. The van der Waals surface area contributed by atoms with Crippen molar-refractivity contribution in [3.8, 4) is 0 Å². The van der Waals surface area contributed by atoms with Crippen LogP contribution in [0.4, 0.5) is 0 Å². The third-order valence-corrected chi connectivity index (χ3v) is 3.34. The van der Waals surface area contributed by atoms with Crippen molar-refractivity contribution in [3.63, 3.8) is 0 Å². The Labute approximate surface area is 115 Å². The molecule has 110 valence electrons. The molecule has 1 atom stereocenters. The number of ether oxygens (including phenoxy) is 1. The van der Waals surface area contributed by atoms with E-state index in [2.05, 4.69) is 34.6 Å². The largest absolute Gasteiger partial charge is 0.374 e. The van der Waals surface area contributed by atoms with Crippen LogP contribution in [0.15, 0.2) is 0 Å². The molecule has 0 bridgehead atoms. The molecule has 0 aromatic rings. The molecule has 0 amide bonds. The first-order valence-electron chi connectivity index (χ1n) is 7.77. The molecule has 0 spiro atoms. The van der Waals surface area contributed by atoms with Crippen LogP contribution >= 0.6 is 0 Å². The summed E-state index contributed by atoms with van der Waals surface area (Å²) >= 11 is 0. The second-order valence-corrected chi connectivity index (χ2v) is 6.62. The molecule has 0 fully saturated rings. The highest BCUT2D eigenvalue weighted by molar-refractivity contribution is 4.71. The van der Waals surface area contributed by atoms with Gasteiger partial charge in [0.05, 0.1) is 12.2 Å². The molecule has 0 aromatic heterocycles. The summed E-state index contributed by atoms with van der Waals surface area (Å²) in [6, 6.07) is 0.185. The van der Waals surface area contributed by atoms with Gasteiger partial charge in [-0.05, 0) is 32.6 Å². The second kappa shape index (κ2) is 9.80. The van der Waals surface area contributed by atoms with Crippen molar-refractivity contribution in [1.29, 1.82) is 0 Å². The maximum atomic E-state index is 6.05. The molecular formula is C16H35NO. The molecule has 0 saturated carbocycles. The van der Waals surface area contributed by atoms with E-state index in [1.165, 1.54) is 32.1 Å². The zero-order valence-electron chi connectivity index (χ0n) is 13.3. The van der Waals surface area contributed by atoms with Crippen LogP contribution in [0.1, 0.15) is 79.6 Å². The highest BCUT2D eigenvalue weighted by atomic mass is 16.5. The smallest absolute Gasteiger partial charge is 0.0627 e. The molecule has 0 radical (unpaired) electrons. The lowest BCUT2D eigenvalue weighted by Crippen LogP contribution is -2.34. The van der Waals surface area contributed by atoms with Crippen molar-refractivity contribution in [2.75, 3.05) is 6.61 Å². The zero-order chi connectivity index (χ0) is 14.0. The van der Waals surface area contributed by atoms with Gasteiger partial charge in [0, 0.05) is 6.04 Å². The lowest BCUT2D eigenvalue weighted by molar-refractivity contribution is -0.0329. The number of nitrogens with two attached hydrogens (primary N) is 1. The Kier molecular flexibility index (Phi) is 9.76. The van der Waals surface area contributed by atoms with Gasteiger partial charge in [-0.1, -0.05) is 52.9 Å². The molecule has 0 heterocycles. The third kappa shape index (κ3) is 11.0. The molecule has 2 nitrogen and oxygen atoms in total. The molecule has 0 aliphatic heterocycles. The minimum absolute atomic E-state index is 0.0131. The van der Waals surface area contributed by atoms with E-state index in [9.17, 15) is 0 Å². The third-order valence-electron chi connectivity index (χ3n) is 3.34. The quantitative estimate of drug-likeness (QED) is 0.552. The van der Waals surface area contributed by atoms with Crippen molar-refractivity contribution in [2.45, 2.75) is 91.2 Å². The predicted octanol–water partition coefficient (Wildman–Crippen LogP) is 4.52. The number of rotatable bonds is 11. The van der Waals surface area contributed by atoms with Gasteiger partial charge in [0.15, 0.2) is 0 Å². The van der Waals surface area contributed by atoms with Gasteiger partial charge in [0.2, 0.25) is 0 Å². The zero-order valence-corrected chi connectivity index (χ0v) is 13.3. The van der Waals surface area contributed by atoms with Crippen LogP contribution in [-0.2, 0) is 4.74 Å². The molecule has 2 N–H and O–H groups in total. The summed E-state index contributed by atoms with van der Waals surface area (Å²) in [6.07, 6.45) is 8.83. The molecule has 1 unspecified atom stereocenters. The first-order chi connectivity index (χ1) is 8.37. The van der Waals surface area contributed by atoms with Gasteiger partial charge >= 0.3 is 0 Å². The van der Waals surface area contributed by atoms with E-state index in [1.54, 1.807) is 0 Å². The lowest BCUT2D eigenvalue weighted by atomic mass is 9.99. The highest BCUT2D eigenvalue weighted by Gasteiger charge is 2.19. The minimum Gasteiger partial charge on any atom is -0.374 e. The van der Waals surface area contributed by atoms with E-state index in [4.69, 9.17) is 10.5 Å². The standard InChI is InChI=1S/C16H35NO/c1-6-7-8-9-10-11-16(4,5)18-13-15(17)12-14(2)3/h14-15H,6-13,17H2,1-5H3. The first-order valence-corrected chi connectivity index (χ1v) is 7.77. The van der Waals surface area contributed by atoms with Crippen molar-refractivity contribution in [1.82, 2.24) is 0 Å². The fourth-order valence-electron chi connectivity index (χ4n) is 2.23. The van der Waals surface area contributed by atoms with Crippen LogP contribution in [0.2, 0.25) is 0 Å². The van der Waals surface area contributed by atoms with Gasteiger partial charge < -0.3 is 10.5 Å². The first kappa shape index (κ1) is 17.9. The summed E-state index contributed by atoms with van der Waals surface area (Å²) in [6.45, 7) is 11.7. The molecule has 0 aromatic carbocycles. The van der Waals surface area contributed by atoms with E-state index >= 15 is 0 Å². The Balaban J connectivity index is 3.65. The summed E-state index contributed by atoms with van der Waals surface area (Å²) in [5.74, 6) is 0.653. The Hall–Kier alpha value is -0.0800. The maximum absolute atomic E-state index is 6.05. The monoisotopic (exact) mass is 257 g/mol. The van der Waals surface area contributed by atoms with Crippen LogP contribution in [-0.4, -0.2) is 18.2 Å². The Morgan fingerprint density at radius 3 is 2.22 bits per heavy atom. The van der Waals surface area contributed by atoms with Crippen LogP contribution in [0, 0.1) is 5.92 Å². The van der Waals surface area contributed by atoms with Gasteiger partial charge in [0.25, 0.3) is 0 Å². The molecule has 0 aliphatic carbocycles. The van der Waals surface area contributed by atoms with Crippen molar-refractivity contribution < 1.29 is 4.74 Å². The minimum atomic E-state index is -0.0131. The summed E-state index contributed by atoms with van der Waals surface area (Å²) in [7, 11) is 0. The predicted molar refractivity (Wildman–Crippen MR) is 80.8 cm³/mol. The maximum Gasteiger partial charge on any atom is 0.0627 e. The van der Waals surface area contributed by atoms with Crippen LogP contribution in [0.3, 0.4) is 0 Å². The molecular weight excluding hydrogens is 222 g/mol. The molecule has 0 aliphatic rings. The van der Waals surface area contributed by atoms with Crippen molar-refractivity contribution in [3.05, 3.63) is 0 Å². The summed E-state index contributed by atoms with van der Waals surface area (Å²) in [4.78, 5) is 0. The van der Waals surface area contributed by atoms with Gasteiger partial charge in [-0.25, -0.2) is 0 Å². The molecule has 2 heteroatoms. The average Bonchev–Trinajstić information content (AvgIpc) is 2.25. The van der Waals surface area contributed by atoms with Gasteiger partial charge in [-0.15, -0.1) is 0 Å². The van der Waals surface area contributed by atoms with Crippen molar-refractivity contribution >= 4 is 0 Å². The fourth-order valence-corrected chi connectivity index (χ4v) is 2.23. The van der Waals surface area contributed by atoms with Gasteiger partial charge in [-0.3, -0.25) is 0 Å². The van der Waals surface area contributed by atoms with Crippen LogP contribution in [0.5, 0.6) is 0 Å². The highest BCUT2D eigenvalue weighted by Crippen LogP contribution is 2.20. The van der Waals surface area contributed by atoms with E-state index < -0.39 is 0 Å². The summed E-state index contributed by atoms with van der Waals surface area (Å²) in [5, 5.41) is 0. The Bertz CT molecular complexity index is 190. The Morgan fingerprint density at radius 1 is 1.06 bits per heavy atom. The SMILES string of the molecule is CCCCCCCC(C)(C)OCC(N)CC(C)C. The average molecular weight is 257 g/mol. The molecule has 18 heavy (non-hydrogen) atoms. The van der Waals surface area contributed by atoms with E-state index in [1.807, 2.05) is 0 Å². The van der Waals surface area contributed by atoms with Crippen molar-refractivity contribution in [2.24, 2.45) is 11.7 Å². The summed E-state index contributed by atoms with van der Waals surface area (Å²) in [5.41, 5.74) is 6.04. The molecule has 0 saturated heterocycles. The number of hydrogen-bond donors (Lipinski definition) is 1. The number of unbranched alkanes of at least 4 members (excludes halogenated alkanes) is 4. The normalized spacial score (nSPS) is 14.2.